The second-order valence-corrected chi connectivity index (χ2v) is 4.67. The van der Waals surface area contributed by atoms with Crippen molar-refractivity contribution in [2.75, 3.05) is 0 Å². The van der Waals surface area contributed by atoms with Crippen molar-refractivity contribution in [1.82, 2.24) is 0 Å². The summed E-state index contributed by atoms with van der Waals surface area (Å²) in [5, 5.41) is -0.372. The van der Waals surface area contributed by atoms with Crippen molar-refractivity contribution in [1.29, 1.82) is 0 Å². The van der Waals surface area contributed by atoms with E-state index in [1.807, 2.05) is 0 Å². The molecule has 11 heavy (non-hydrogen) atoms. The maximum atomic E-state index is 11.6. The molecular formula is C6H11ClF2OSi. The van der Waals surface area contributed by atoms with Crippen LogP contribution in [-0.4, -0.2) is 20.8 Å². The maximum absolute atomic E-state index is 11.6. The number of halogens is 3. The van der Waals surface area contributed by atoms with Crippen LogP contribution < -0.4 is 0 Å². The predicted octanol–water partition coefficient (Wildman–Crippen LogP) is 1.73. The summed E-state index contributed by atoms with van der Waals surface area (Å²) in [7, 11) is -1.19. The molecule has 5 heteroatoms. The van der Waals surface area contributed by atoms with E-state index in [2.05, 4.69) is 0 Å². The Morgan fingerprint density at radius 3 is 2.55 bits per heavy atom. The van der Waals surface area contributed by atoms with Gasteiger partial charge in [0.1, 0.15) is 9.52 Å². The van der Waals surface area contributed by atoms with Gasteiger partial charge in [0.15, 0.2) is 0 Å². The van der Waals surface area contributed by atoms with Crippen molar-refractivity contribution in [2.45, 2.75) is 31.4 Å². The van der Waals surface area contributed by atoms with Gasteiger partial charge in [-0.05, 0) is 18.0 Å². The van der Waals surface area contributed by atoms with Gasteiger partial charge in [0.2, 0.25) is 11.3 Å². The molecule has 0 N–H and O–H groups in total. The number of carbonyl (C=O) groups excluding carboxylic acids is 1. The molecule has 0 aromatic rings. The Morgan fingerprint density at radius 1 is 1.45 bits per heavy atom. The Labute approximate surface area is 71.9 Å². The summed E-state index contributed by atoms with van der Waals surface area (Å²) in [6.45, 7) is 0. The molecule has 0 atom stereocenters. The molecule has 0 aromatic heterocycles. The van der Waals surface area contributed by atoms with Gasteiger partial charge in [-0.25, -0.2) is 8.78 Å². The lowest BCUT2D eigenvalue weighted by Crippen LogP contribution is -2.02. The van der Waals surface area contributed by atoms with Crippen LogP contribution >= 0.6 is 11.6 Å². The monoisotopic (exact) mass is 200 g/mol. The highest BCUT2D eigenvalue weighted by molar-refractivity contribution is 6.63. The van der Waals surface area contributed by atoms with E-state index >= 15 is 0 Å². The molecule has 0 unspecified atom stereocenters. The number of rotatable bonds is 6. The number of hydrogen-bond acceptors (Lipinski definition) is 1. The molecule has 0 aromatic carbocycles. The smallest absolute Gasteiger partial charge is 0.221 e. The average molecular weight is 201 g/mol. The minimum Gasteiger partial charge on any atom is -0.281 e. The van der Waals surface area contributed by atoms with E-state index in [0.717, 1.165) is 6.42 Å². The molecule has 0 aliphatic heterocycles. The first kappa shape index (κ1) is 11.0. The van der Waals surface area contributed by atoms with Crippen LogP contribution in [0.1, 0.15) is 19.3 Å². The molecule has 0 spiro atoms. The van der Waals surface area contributed by atoms with Crippen LogP contribution in [0.2, 0.25) is 6.04 Å². The van der Waals surface area contributed by atoms with Crippen molar-refractivity contribution in [3.8, 4) is 0 Å². The highest BCUT2D eigenvalue weighted by Crippen LogP contribution is 2.04. The van der Waals surface area contributed by atoms with Gasteiger partial charge in [0.25, 0.3) is 0 Å². The van der Waals surface area contributed by atoms with E-state index in [0.29, 0.717) is 18.9 Å². The first-order valence-electron chi connectivity index (χ1n) is 3.59. The standard InChI is InChI=1S/C6H11ClF2OSi/c7-5(10)3-1-2-4-11-6(8)9/h6H,1-4,11H2. The molecule has 0 rings (SSSR count). The number of hydrogen-bond donors (Lipinski definition) is 0. The Hall–Kier alpha value is 0.0369. The molecule has 0 aliphatic rings. The van der Waals surface area contributed by atoms with E-state index in [1.54, 1.807) is 0 Å². The SMILES string of the molecule is O=C(Cl)CCCC[SiH2]C(F)F. The first-order chi connectivity index (χ1) is 5.13. The van der Waals surface area contributed by atoms with E-state index in [9.17, 15) is 13.6 Å². The lowest BCUT2D eigenvalue weighted by Gasteiger charge is -1.96. The van der Waals surface area contributed by atoms with Gasteiger partial charge in [-0.1, -0.05) is 12.5 Å². The fourth-order valence-corrected chi connectivity index (χ4v) is 1.82. The molecule has 0 radical (unpaired) electrons. The third-order valence-corrected chi connectivity index (χ3v) is 2.83. The summed E-state index contributed by atoms with van der Waals surface area (Å²) in [6.07, 6.45) is 1.69. The van der Waals surface area contributed by atoms with Crippen LogP contribution in [0, 0.1) is 0 Å². The minimum absolute atomic E-state index is 0.319. The van der Waals surface area contributed by atoms with Crippen LogP contribution in [0.5, 0.6) is 0 Å². The van der Waals surface area contributed by atoms with Crippen LogP contribution in [-0.2, 0) is 4.79 Å². The molecule has 66 valence electrons. The van der Waals surface area contributed by atoms with E-state index in [1.165, 1.54) is 0 Å². The highest BCUT2D eigenvalue weighted by atomic mass is 35.5. The molecule has 0 saturated heterocycles. The lowest BCUT2D eigenvalue weighted by atomic mass is 10.3. The summed E-state index contributed by atoms with van der Waals surface area (Å²) in [5.41, 5.74) is 0. The maximum Gasteiger partial charge on any atom is 0.221 e. The van der Waals surface area contributed by atoms with Gasteiger partial charge >= 0.3 is 0 Å². The Kier molecular flexibility index (Phi) is 6.75. The quantitative estimate of drug-likeness (QED) is 0.363. The van der Waals surface area contributed by atoms with Gasteiger partial charge in [0.05, 0.1) is 0 Å². The van der Waals surface area contributed by atoms with Crippen molar-refractivity contribution < 1.29 is 13.6 Å². The van der Waals surface area contributed by atoms with Gasteiger partial charge in [0, 0.05) is 6.42 Å². The Balaban J connectivity index is 2.97. The second kappa shape index (κ2) is 6.73. The lowest BCUT2D eigenvalue weighted by molar-refractivity contribution is -0.111. The largest absolute Gasteiger partial charge is 0.281 e. The zero-order valence-electron chi connectivity index (χ0n) is 6.16. The fraction of sp³-hybridized carbons (Fsp3) is 0.833. The molecular weight excluding hydrogens is 190 g/mol. The zero-order chi connectivity index (χ0) is 8.69. The van der Waals surface area contributed by atoms with Crippen molar-refractivity contribution in [2.24, 2.45) is 0 Å². The highest BCUT2D eigenvalue weighted by Gasteiger charge is 2.02. The van der Waals surface area contributed by atoms with Crippen molar-refractivity contribution in [3.05, 3.63) is 0 Å². The van der Waals surface area contributed by atoms with Gasteiger partial charge in [-0.3, -0.25) is 4.79 Å². The summed E-state index contributed by atoms with van der Waals surface area (Å²) in [5.74, 6) is 0. The Bertz CT molecular complexity index is 121. The summed E-state index contributed by atoms with van der Waals surface area (Å²) in [6, 6.07) is -1.47. The molecule has 0 amide bonds. The van der Waals surface area contributed by atoms with Crippen LogP contribution in [0.25, 0.3) is 0 Å². The Morgan fingerprint density at radius 2 is 2.09 bits per heavy atom. The molecule has 0 saturated carbocycles. The second-order valence-electron chi connectivity index (χ2n) is 2.35. The van der Waals surface area contributed by atoms with Crippen LogP contribution in [0.15, 0.2) is 0 Å². The van der Waals surface area contributed by atoms with E-state index < -0.39 is 15.6 Å². The van der Waals surface area contributed by atoms with E-state index in [4.69, 9.17) is 11.6 Å². The molecule has 1 nitrogen and oxygen atoms in total. The van der Waals surface area contributed by atoms with E-state index in [-0.39, 0.29) is 5.24 Å². The van der Waals surface area contributed by atoms with Gasteiger partial charge < -0.3 is 0 Å². The van der Waals surface area contributed by atoms with Crippen molar-refractivity contribution in [3.63, 3.8) is 0 Å². The molecule has 0 fully saturated rings. The third-order valence-electron chi connectivity index (χ3n) is 1.30. The summed E-state index contributed by atoms with van der Waals surface area (Å²) in [4.78, 5) is 10.2. The number of unbranched alkanes of at least 4 members (excludes halogenated alkanes) is 1. The first-order valence-corrected chi connectivity index (χ1v) is 5.79. The zero-order valence-corrected chi connectivity index (χ0v) is 8.33. The number of alkyl halides is 2. The van der Waals surface area contributed by atoms with Crippen LogP contribution in [0.4, 0.5) is 8.78 Å². The fourth-order valence-electron chi connectivity index (χ4n) is 0.739. The van der Waals surface area contributed by atoms with Gasteiger partial charge in [-0.2, -0.15) is 0 Å². The van der Waals surface area contributed by atoms with Crippen LogP contribution in [0.3, 0.4) is 0 Å². The minimum atomic E-state index is -2.08. The summed E-state index contributed by atoms with van der Waals surface area (Å²) < 4.78 is 23.2. The molecule has 0 heterocycles. The van der Waals surface area contributed by atoms with Crippen molar-refractivity contribution >= 4 is 26.4 Å². The topological polar surface area (TPSA) is 17.1 Å². The average Bonchev–Trinajstić information content (AvgIpc) is 1.85. The molecule has 0 bridgehead atoms. The summed E-state index contributed by atoms with van der Waals surface area (Å²) >= 11 is 5.04. The third kappa shape index (κ3) is 10.0. The number of carbonyl (C=O) groups is 1. The predicted molar refractivity (Wildman–Crippen MR) is 44.1 cm³/mol. The normalized spacial score (nSPS) is 11.6. The van der Waals surface area contributed by atoms with Gasteiger partial charge in [-0.15, -0.1) is 0 Å². The molecule has 0 aliphatic carbocycles.